The summed E-state index contributed by atoms with van der Waals surface area (Å²) in [6.45, 7) is 4.33. The minimum Gasteiger partial charge on any atom is -0.481 e. The lowest BCUT2D eigenvalue weighted by Crippen LogP contribution is -2.47. The summed E-state index contributed by atoms with van der Waals surface area (Å²) in [5, 5.41) is 9.45. The van der Waals surface area contributed by atoms with Gasteiger partial charge in [-0.15, -0.1) is 0 Å². The normalized spacial score (nSPS) is 42.1. The molecule has 104 valence electrons. The summed E-state index contributed by atoms with van der Waals surface area (Å²) in [6.07, 6.45) is 5.14. The minimum atomic E-state index is -0.851. The van der Waals surface area contributed by atoms with Crippen LogP contribution in [0.25, 0.3) is 0 Å². The van der Waals surface area contributed by atoms with Crippen LogP contribution in [-0.2, 0) is 14.3 Å². The Balaban J connectivity index is 1.80. The Labute approximate surface area is 112 Å². The first-order chi connectivity index (χ1) is 9.00. The molecule has 19 heavy (non-hydrogen) atoms. The average molecular weight is 264 g/mol. The number of fused-ring (bicyclic) bond motifs is 1. The summed E-state index contributed by atoms with van der Waals surface area (Å²) < 4.78 is 5.31. The van der Waals surface area contributed by atoms with Gasteiger partial charge in [0.25, 0.3) is 0 Å². The molecule has 0 heterocycles. The lowest BCUT2D eigenvalue weighted by atomic mass is 9.62. The number of hydrogen-bond acceptors (Lipinski definition) is 3. The van der Waals surface area contributed by atoms with Crippen LogP contribution in [-0.4, -0.2) is 23.7 Å². The third-order valence-corrected chi connectivity index (χ3v) is 4.77. The summed E-state index contributed by atoms with van der Waals surface area (Å²) in [6, 6.07) is 0. The SMILES string of the molecule is CC(C)COC(=O)[C@@H]1[C@H]2C=C[C@@H]([C@@H]3C[C@H]23)[C@@H]1C(=O)O. The van der Waals surface area contributed by atoms with Crippen LogP contribution in [0, 0.1) is 41.4 Å². The number of rotatable bonds is 4. The largest absolute Gasteiger partial charge is 0.481 e. The van der Waals surface area contributed by atoms with Gasteiger partial charge in [0.2, 0.25) is 0 Å². The van der Waals surface area contributed by atoms with Crippen LogP contribution in [0.4, 0.5) is 0 Å². The zero-order valence-corrected chi connectivity index (χ0v) is 11.3. The second-order valence-electron chi connectivity index (χ2n) is 6.52. The molecule has 2 bridgehead atoms. The monoisotopic (exact) mass is 264 g/mol. The van der Waals surface area contributed by atoms with Crippen LogP contribution in [0.15, 0.2) is 12.2 Å². The second kappa shape index (κ2) is 4.36. The minimum absolute atomic E-state index is 0.0316. The van der Waals surface area contributed by atoms with Crippen molar-refractivity contribution < 1.29 is 19.4 Å². The molecule has 4 heteroatoms. The van der Waals surface area contributed by atoms with E-state index < -0.39 is 17.8 Å². The molecule has 0 aromatic carbocycles. The van der Waals surface area contributed by atoms with Gasteiger partial charge < -0.3 is 9.84 Å². The van der Waals surface area contributed by atoms with E-state index >= 15 is 0 Å². The van der Waals surface area contributed by atoms with E-state index in [9.17, 15) is 14.7 Å². The van der Waals surface area contributed by atoms with Gasteiger partial charge in [-0.1, -0.05) is 26.0 Å². The highest BCUT2D eigenvalue weighted by molar-refractivity contribution is 5.83. The molecule has 0 amide bonds. The molecular weight excluding hydrogens is 244 g/mol. The first kappa shape index (κ1) is 12.7. The molecule has 0 saturated heterocycles. The smallest absolute Gasteiger partial charge is 0.310 e. The fraction of sp³-hybridized carbons (Fsp3) is 0.733. The number of allylic oxidation sites excluding steroid dienone is 2. The van der Waals surface area contributed by atoms with Crippen molar-refractivity contribution in [2.24, 2.45) is 41.4 Å². The fourth-order valence-corrected chi connectivity index (χ4v) is 3.88. The quantitative estimate of drug-likeness (QED) is 0.622. The van der Waals surface area contributed by atoms with Gasteiger partial charge in [-0.2, -0.15) is 0 Å². The Morgan fingerprint density at radius 2 is 1.79 bits per heavy atom. The molecule has 2 fully saturated rings. The number of carbonyl (C=O) groups is 2. The van der Waals surface area contributed by atoms with E-state index in [1.165, 1.54) is 0 Å². The molecule has 6 atom stereocenters. The molecule has 4 aliphatic rings. The van der Waals surface area contributed by atoms with Crippen molar-refractivity contribution in [1.82, 2.24) is 0 Å². The molecule has 2 saturated carbocycles. The Morgan fingerprint density at radius 3 is 2.32 bits per heavy atom. The van der Waals surface area contributed by atoms with Crippen LogP contribution < -0.4 is 0 Å². The molecule has 0 radical (unpaired) electrons. The van der Waals surface area contributed by atoms with Crippen molar-refractivity contribution in [2.75, 3.05) is 6.61 Å². The molecule has 1 N–H and O–H groups in total. The molecule has 0 unspecified atom stereocenters. The molecular formula is C15H20O4. The van der Waals surface area contributed by atoms with Crippen molar-refractivity contribution in [3.63, 3.8) is 0 Å². The molecule has 0 aliphatic heterocycles. The highest BCUT2D eigenvalue weighted by atomic mass is 16.5. The van der Waals surface area contributed by atoms with E-state index in [1.54, 1.807) is 0 Å². The summed E-state index contributed by atoms with van der Waals surface area (Å²) in [5.41, 5.74) is 0. The second-order valence-corrected chi connectivity index (χ2v) is 6.52. The molecule has 4 nitrogen and oxygen atoms in total. The number of aliphatic carboxylic acids is 1. The molecule has 4 rings (SSSR count). The third kappa shape index (κ3) is 1.97. The number of carboxylic acids is 1. The van der Waals surface area contributed by atoms with Crippen LogP contribution >= 0.6 is 0 Å². The van der Waals surface area contributed by atoms with Crippen LogP contribution in [0.5, 0.6) is 0 Å². The number of hydrogen-bond donors (Lipinski definition) is 1. The fourth-order valence-electron chi connectivity index (χ4n) is 3.88. The molecule has 4 aliphatic carbocycles. The van der Waals surface area contributed by atoms with Gasteiger partial charge in [0, 0.05) is 0 Å². The zero-order chi connectivity index (χ0) is 13.7. The van der Waals surface area contributed by atoms with Gasteiger partial charge in [-0.05, 0) is 36.0 Å². The predicted molar refractivity (Wildman–Crippen MR) is 68.1 cm³/mol. The van der Waals surface area contributed by atoms with Crippen molar-refractivity contribution in [2.45, 2.75) is 20.3 Å². The summed E-state index contributed by atoms with van der Waals surface area (Å²) in [4.78, 5) is 23.8. The Morgan fingerprint density at radius 1 is 1.21 bits per heavy atom. The molecule has 0 spiro atoms. The number of carboxylic acid groups (broad SMARTS) is 1. The maximum atomic E-state index is 12.3. The van der Waals surface area contributed by atoms with Gasteiger partial charge >= 0.3 is 11.9 Å². The van der Waals surface area contributed by atoms with Gasteiger partial charge in [-0.25, -0.2) is 0 Å². The maximum absolute atomic E-state index is 12.3. The highest BCUT2D eigenvalue weighted by Crippen LogP contribution is 2.63. The average Bonchev–Trinajstić information content (AvgIpc) is 3.16. The van der Waals surface area contributed by atoms with E-state index in [1.807, 2.05) is 19.9 Å². The van der Waals surface area contributed by atoms with Gasteiger partial charge in [0.15, 0.2) is 0 Å². The summed E-state index contributed by atoms with van der Waals surface area (Å²) in [7, 11) is 0. The Kier molecular flexibility index (Phi) is 2.91. The van der Waals surface area contributed by atoms with E-state index in [0.29, 0.717) is 18.4 Å². The number of carbonyl (C=O) groups excluding carboxylic acids is 1. The molecule has 0 aromatic rings. The zero-order valence-electron chi connectivity index (χ0n) is 11.3. The standard InChI is InChI=1S/C15H20O4/c1-7(2)6-19-15(18)13-9-4-3-8(10-5-11(9)10)12(13)14(16)17/h3-4,7-13H,5-6H2,1-2H3,(H,16,17)/t8-,9-,10-,11+,12-,13+/m0/s1. The maximum Gasteiger partial charge on any atom is 0.310 e. The number of esters is 1. The highest BCUT2D eigenvalue weighted by Gasteiger charge is 2.63. The first-order valence-electron chi connectivity index (χ1n) is 7.08. The van der Waals surface area contributed by atoms with Crippen molar-refractivity contribution >= 4 is 11.9 Å². The lowest BCUT2D eigenvalue weighted by Gasteiger charge is -2.41. The lowest BCUT2D eigenvalue weighted by molar-refractivity contribution is -0.165. The predicted octanol–water partition coefficient (Wildman–Crippen LogP) is 1.95. The Bertz CT molecular complexity index is 439. The third-order valence-electron chi connectivity index (χ3n) is 4.77. The van der Waals surface area contributed by atoms with E-state index in [-0.39, 0.29) is 23.7 Å². The number of ether oxygens (including phenoxy) is 1. The van der Waals surface area contributed by atoms with Crippen LogP contribution in [0.3, 0.4) is 0 Å². The summed E-state index contributed by atoms with van der Waals surface area (Å²) >= 11 is 0. The van der Waals surface area contributed by atoms with Crippen LogP contribution in [0.1, 0.15) is 20.3 Å². The van der Waals surface area contributed by atoms with E-state index in [2.05, 4.69) is 6.08 Å². The first-order valence-corrected chi connectivity index (χ1v) is 7.08. The topological polar surface area (TPSA) is 63.6 Å². The van der Waals surface area contributed by atoms with Crippen molar-refractivity contribution in [3.8, 4) is 0 Å². The van der Waals surface area contributed by atoms with Crippen LogP contribution in [0.2, 0.25) is 0 Å². The molecule has 0 aromatic heterocycles. The van der Waals surface area contributed by atoms with E-state index in [0.717, 1.165) is 6.42 Å². The Hall–Kier alpha value is -1.32. The summed E-state index contributed by atoms with van der Waals surface area (Å²) in [5.74, 6) is -0.833. The van der Waals surface area contributed by atoms with Crippen molar-refractivity contribution in [3.05, 3.63) is 12.2 Å². The van der Waals surface area contributed by atoms with Gasteiger partial charge in [0.1, 0.15) is 0 Å². The van der Waals surface area contributed by atoms with Gasteiger partial charge in [-0.3, -0.25) is 9.59 Å². The van der Waals surface area contributed by atoms with E-state index in [4.69, 9.17) is 4.74 Å². The van der Waals surface area contributed by atoms with Crippen molar-refractivity contribution in [1.29, 1.82) is 0 Å². The van der Waals surface area contributed by atoms with Gasteiger partial charge in [0.05, 0.1) is 18.4 Å².